The van der Waals surface area contributed by atoms with Gasteiger partial charge in [0.05, 0.1) is 6.10 Å². The number of likely N-dealkylation sites (tertiary alicyclic amines) is 1. The first kappa shape index (κ1) is 19.4. The number of benzene rings is 2. The number of hydrogen-bond acceptors (Lipinski definition) is 3. The summed E-state index contributed by atoms with van der Waals surface area (Å²) in [5.74, 6) is -4.82. The molecule has 0 radical (unpaired) electrons. The zero-order valence-corrected chi connectivity index (χ0v) is 14.7. The molecule has 3 rings (SSSR count). The predicted octanol–water partition coefficient (Wildman–Crippen LogP) is 3.36. The van der Waals surface area contributed by atoms with Gasteiger partial charge in [0.25, 0.3) is 5.91 Å². The number of β-amino-alcohol motifs (C(OH)–C–C–N with tert-alkyl or cyclic N) is 1. The van der Waals surface area contributed by atoms with Crippen molar-refractivity contribution in [2.24, 2.45) is 0 Å². The Balaban J connectivity index is 1.63. The van der Waals surface area contributed by atoms with Gasteiger partial charge in [-0.25, -0.2) is 13.2 Å². The largest absolute Gasteiger partial charge is 0.392 e. The summed E-state index contributed by atoms with van der Waals surface area (Å²) >= 11 is 0. The van der Waals surface area contributed by atoms with Crippen LogP contribution >= 0.6 is 0 Å². The van der Waals surface area contributed by atoms with Crippen LogP contribution in [0, 0.1) is 17.5 Å². The molecule has 0 aromatic heterocycles. The summed E-state index contributed by atoms with van der Waals surface area (Å²) in [6.45, 7) is 2.37. The van der Waals surface area contributed by atoms with E-state index in [9.17, 15) is 23.1 Å². The number of carbonyl (C=O) groups is 1. The maximum Gasteiger partial charge on any atom is 0.255 e. The van der Waals surface area contributed by atoms with E-state index < -0.39 is 23.4 Å². The summed E-state index contributed by atoms with van der Waals surface area (Å²) in [5.41, 5.74) is 1.14. The summed E-state index contributed by atoms with van der Waals surface area (Å²) in [7, 11) is 0. The molecule has 1 atom stereocenters. The van der Waals surface area contributed by atoms with Crippen molar-refractivity contribution in [3.05, 3.63) is 65.0 Å². The fourth-order valence-corrected chi connectivity index (χ4v) is 3.22. The van der Waals surface area contributed by atoms with Crippen LogP contribution in [0.25, 0.3) is 0 Å². The molecule has 144 valence electrons. The lowest BCUT2D eigenvalue weighted by Crippen LogP contribution is -2.39. The second-order valence-corrected chi connectivity index (χ2v) is 6.76. The zero-order chi connectivity index (χ0) is 19.4. The Hall–Kier alpha value is -2.38. The third-order valence-corrected chi connectivity index (χ3v) is 4.63. The molecule has 1 aliphatic rings. The molecule has 1 heterocycles. The second-order valence-electron chi connectivity index (χ2n) is 6.76. The highest BCUT2D eigenvalue weighted by molar-refractivity contribution is 6.04. The van der Waals surface area contributed by atoms with E-state index in [1.54, 1.807) is 18.2 Å². The van der Waals surface area contributed by atoms with Gasteiger partial charge < -0.3 is 15.3 Å². The third-order valence-electron chi connectivity index (χ3n) is 4.63. The molecular weight excluding hydrogens is 357 g/mol. The van der Waals surface area contributed by atoms with Gasteiger partial charge in [-0.2, -0.15) is 0 Å². The highest BCUT2D eigenvalue weighted by Crippen LogP contribution is 2.18. The number of aliphatic hydroxyl groups excluding tert-OH is 1. The van der Waals surface area contributed by atoms with Gasteiger partial charge in [0.1, 0.15) is 0 Å². The average molecular weight is 378 g/mol. The molecule has 1 saturated heterocycles. The zero-order valence-electron chi connectivity index (χ0n) is 14.7. The van der Waals surface area contributed by atoms with E-state index in [4.69, 9.17) is 0 Å². The fourth-order valence-electron chi connectivity index (χ4n) is 3.22. The molecule has 0 spiro atoms. The fraction of sp³-hybridized carbons (Fsp3) is 0.350. The first-order valence-electron chi connectivity index (χ1n) is 8.87. The van der Waals surface area contributed by atoms with E-state index in [-0.39, 0.29) is 11.8 Å². The van der Waals surface area contributed by atoms with Crippen molar-refractivity contribution >= 4 is 11.6 Å². The van der Waals surface area contributed by atoms with Crippen molar-refractivity contribution in [2.75, 3.05) is 25.0 Å². The smallest absolute Gasteiger partial charge is 0.255 e. The van der Waals surface area contributed by atoms with Gasteiger partial charge in [-0.15, -0.1) is 0 Å². The van der Waals surface area contributed by atoms with E-state index >= 15 is 0 Å². The van der Waals surface area contributed by atoms with E-state index in [0.717, 1.165) is 43.6 Å². The lowest BCUT2D eigenvalue weighted by Gasteiger charge is -2.29. The Kier molecular flexibility index (Phi) is 6.13. The van der Waals surface area contributed by atoms with E-state index in [1.807, 2.05) is 6.07 Å². The quantitative estimate of drug-likeness (QED) is 0.785. The van der Waals surface area contributed by atoms with Crippen LogP contribution in [0.5, 0.6) is 0 Å². The van der Waals surface area contributed by atoms with Crippen LogP contribution in [0.4, 0.5) is 18.9 Å². The average Bonchev–Trinajstić information content (AvgIpc) is 2.65. The Morgan fingerprint density at radius 2 is 1.93 bits per heavy atom. The van der Waals surface area contributed by atoms with Crippen molar-refractivity contribution < 1.29 is 23.1 Å². The van der Waals surface area contributed by atoms with E-state index in [1.165, 1.54) is 0 Å². The second kappa shape index (κ2) is 8.54. The monoisotopic (exact) mass is 378 g/mol. The Morgan fingerprint density at radius 3 is 2.63 bits per heavy atom. The van der Waals surface area contributed by atoms with Crippen LogP contribution in [0.3, 0.4) is 0 Å². The molecule has 1 fully saturated rings. The molecule has 0 aliphatic carbocycles. The van der Waals surface area contributed by atoms with Crippen LogP contribution in [-0.4, -0.2) is 41.7 Å². The molecule has 2 N–H and O–H groups in total. The topological polar surface area (TPSA) is 52.6 Å². The maximum atomic E-state index is 13.3. The highest BCUT2D eigenvalue weighted by atomic mass is 19.2. The number of anilines is 1. The summed E-state index contributed by atoms with van der Waals surface area (Å²) < 4.78 is 39.6. The van der Waals surface area contributed by atoms with E-state index in [0.29, 0.717) is 18.5 Å². The lowest BCUT2D eigenvalue weighted by molar-refractivity contribution is 0.0714. The first-order valence-corrected chi connectivity index (χ1v) is 8.87. The number of aliphatic hydroxyl groups is 1. The number of amides is 1. The SMILES string of the molecule is O=C(Nc1cc(F)c(F)c(F)c1)c1cccc(CCN2CCCC(O)C2)c1. The molecule has 0 saturated carbocycles. The van der Waals surface area contributed by atoms with Crippen LogP contribution in [-0.2, 0) is 6.42 Å². The van der Waals surface area contributed by atoms with Crippen LogP contribution in [0.15, 0.2) is 36.4 Å². The van der Waals surface area contributed by atoms with E-state index in [2.05, 4.69) is 10.2 Å². The maximum absolute atomic E-state index is 13.3. The molecule has 1 amide bonds. The van der Waals surface area contributed by atoms with Gasteiger partial charge in [-0.3, -0.25) is 4.79 Å². The number of nitrogens with zero attached hydrogens (tertiary/aromatic N) is 1. The predicted molar refractivity (Wildman–Crippen MR) is 96.1 cm³/mol. The van der Waals surface area contributed by atoms with Crippen LogP contribution < -0.4 is 5.32 Å². The van der Waals surface area contributed by atoms with Crippen molar-refractivity contribution in [1.82, 2.24) is 4.90 Å². The third kappa shape index (κ3) is 5.08. The molecule has 4 nitrogen and oxygen atoms in total. The van der Waals surface area contributed by atoms with Crippen molar-refractivity contribution in [3.63, 3.8) is 0 Å². The van der Waals surface area contributed by atoms with Crippen molar-refractivity contribution in [3.8, 4) is 0 Å². The summed E-state index contributed by atoms with van der Waals surface area (Å²) in [4.78, 5) is 14.5. The standard InChI is InChI=1S/C20H21F3N2O2/c21-17-10-15(11-18(22)19(17)23)24-20(27)14-4-1-3-13(9-14)6-8-25-7-2-5-16(26)12-25/h1,3-4,9-11,16,26H,2,5-8,12H2,(H,24,27). The minimum Gasteiger partial charge on any atom is -0.392 e. The van der Waals surface area contributed by atoms with Crippen LogP contribution in [0.2, 0.25) is 0 Å². The Labute approximate surface area is 155 Å². The van der Waals surface area contributed by atoms with Gasteiger partial charge in [0, 0.05) is 36.5 Å². The minimum absolute atomic E-state index is 0.149. The summed E-state index contributed by atoms with van der Waals surface area (Å²) in [5, 5.41) is 12.1. The van der Waals surface area contributed by atoms with Crippen LogP contribution in [0.1, 0.15) is 28.8 Å². The number of rotatable bonds is 5. The molecule has 7 heteroatoms. The van der Waals surface area contributed by atoms with Gasteiger partial charge in [-0.1, -0.05) is 12.1 Å². The highest BCUT2D eigenvalue weighted by Gasteiger charge is 2.17. The number of carbonyl (C=O) groups excluding carboxylic acids is 1. The van der Waals surface area contributed by atoms with Gasteiger partial charge in [0.15, 0.2) is 17.5 Å². The van der Waals surface area contributed by atoms with Gasteiger partial charge >= 0.3 is 0 Å². The van der Waals surface area contributed by atoms with Crippen molar-refractivity contribution in [1.29, 1.82) is 0 Å². The lowest BCUT2D eigenvalue weighted by atomic mass is 10.0. The number of halogens is 3. The van der Waals surface area contributed by atoms with Gasteiger partial charge in [-0.05, 0) is 43.5 Å². The molecule has 1 aliphatic heterocycles. The number of hydrogen-bond donors (Lipinski definition) is 2. The normalized spacial score (nSPS) is 17.7. The minimum atomic E-state index is -1.57. The molecule has 2 aromatic carbocycles. The molecule has 0 bridgehead atoms. The molecule has 1 unspecified atom stereocenters. The molecular formula is C20H21F3N2O2. The Morgan fingerprint density at radius 1 is 1.19 bits per heavy atom. The molecule has 27 heavy (non-hydrogen) atoms. The Bertz CT molecular complexity index is 806. The van der Waals surface area contributed by atoms with Gasteiger partial charge in [0.2, 0.25) is 0 Å². The number of piperidine rings is 1. The summed E-state index contributed by atoms with van der Waals surface area (Å²) in [6.07, 6.45) is 2.23. The number of nitrogens with one attached hydrogen (secondary N) is 1. The molecule has 2 aromatic rings. The first-order chi connectivity index (χ1) is 12.9. The summed E-state index contributed by atoms with van der Waals surface area (Å²) in [6, 6.07) is 8.42. The van der Waals surface area contributed by atoms with Crippen molar-refractivity contribution in [2.45, 2.75) is 25.4 Å².